The number of hydrogen-bond donors (Lipinski definition) is 1. The molecule has 0 saturated heterocycles. The molecule has 0 aromatic heterocycles. The maximum Gasteiger partial charge on any atom is 0.125 e. The fourth-order valence-corrected chi connectivity index (χ4v) is 1.90. The van der Waals surface area contributed by atoms with Crippen molar-refractivity contribution >= 4 is 5.69 Å². The molecule has 1 N–H and O–H groups in total. The van der Waals surface area contributed by atoms with Gasteiger partial charge < -0.3 is 10.1 Å². The Morgan fingerprint density at radius 2 is 2.07 bits per heavy atom. The lowest BCUT2D eigenvalue weighted by atomic mass is 10.0. The van der Waals surface area contributed by atoms with E-state index in [1.807, 2.05) is 0 Å². The molecule has 0 radical (unpaired) electrons. The summed E-state index contributed by atoms with van der Waals surface area (Å²) in [7, 11) is 0. The summed E-state index contributed by atoms with van der Waals surface area (Å²) in [6.07, 6.45) is 2.31. The first-order valence-corrected chi connectivity index (χ1v) is 5.61. The number of nitrogens with one attached hydrogen (secondary N) is 1. The van der Waals surface area contributed by atoms with Gasteiger partial charge in [-0.05, 0) is 45.7 Å². The summed E-state index contributed by atoms with van der Waals surface area (Å²) in [5.74, 6) is 1.03. The van der Waals surface area contributed by atoms with Crippen LogP contribution in [0.2, 0.25) is 0 Å². The number of ether oxygens (including phenoxy) is 1. The molecule has 0 atom stereocenters. The van der Waals surface area contributed by atoms with Crippen LogP contribution in [0.4, 0.5) is 5.69 Å². The van der Waals surface area contributed by atoms with Gasteiger partial charge in [-0.15, -0.1) is 0 Å². The molecule has 15 heavy (non-hydrogen) atoms. The summed E-state index contributed by atoms with van der Waals surface area (Å²) in [6, 6.07) is 6.25. The number of rotatable bonds is 1. The van der Waals surface area contributed by atoms with Crippen molar-refractivity contribution in [3.8, 4) is 5.75 Å². The second kappa shape index (κ2) is 3.76. The van der Waals surface area contributed by atoms with E-state index in [-0.39, 0.29) is 5.60 Å². The van der Waals surface area contributed by atoms with Crippen molar-refractivity contribution < 1.29 is 4.74 Å². The molecule has 1 aromatic rings. The first-order valence-electron chi connectivity index (χ1n) is 5.61. The Labute approximate surface area is 91.6 Å². The summed E-state index contributed by atoms with van der Waals surface area (Å²) in [4.78, 5) is 0. The Morgan fingerprint density at radius 1 is 1.27 bits per heavy atom. The molecule has 0 spiro atoms. The topological polar surface area (TPSA) is 21.3 Å². The Bertz CT molecular complexity index is 352. The molecule has 0 aliphatic carbocycles. The van der Waals surface area contributed by atoms with E-state index < -0.39 is 0 Å². The molecule has 0 amide bonds. The second-order valence-corrected chi connectivity index (χ2v) is 5.03. The van der Waals surface area contributed by atoms with Crippen LogP contribution in [0.25, 0.3) is 0 Å². The predicted octanol–water partition coefficient (Wildman–Crippen LogP) is 3.22. The van der Waals surface area contributed by atoms with E-state index in [1.54, 1.807) is 0 Å². The molecule has 2 nitrogen and oxygen atoms in total. The van der Waals surface area contributed by atoms with Gasteiger partial charge in [-0.1, -0.05) is 6.07 Å². The molecule has 2 heteroatoms. The maximum atomic E-state index is 5.96. The third-order valence-corrected chi connectivity index (χ3v) is 2.47. The highest BCUT2D eigenvalue weighted by Gasteiger charge is 2.18. The number of benzene rings is 1. The largest absolute Gasteiger partial charge is 0.488 e. The first kappa shape index (κ1) is 10.3. The van der Waals surface area contributed by atoms with E-state index >= 15 is 0 Å². The van der Waals surface area contributed by atoms with Crippen molar-refractivity contribution in [2.75, 3.05) is 11.9 Å². The normalized spacial score (nSPS) is 15.4. The summed E-state index contributed by atoms with van der Waals surface area (Å²) in [6.45, 7) is 7.33. The smallest absolute Gasteiger partial charge is 0.125 e. The number of hydrogen-bond acceptors (Lipinski definition) is 2. The van der Waals surface area contributed by atoms with E-state index in [4.69, 9.17) is 4.74 Å². The van der Waals surface area contributed by atoms with Crippen LogP contribution in [0.3, 0.4) is 0 Å². The van der Waals surface area contributed by atoms with Crippen molar-refractivity contribution in [3.63, 3.8) is 0 Å². The zero-order chi connectivity index (χ0) is 10.9. The minimum Gasteiger partial charge on any atom is -0.488 e. The molecular weight excluding hydrogens is 186 g/mol. The number of fused-ring (bicyclic) bond motifs is 1. The fraction of sp³-hybridized carbons (Fsp3) is 0.538. The molecular formula is C13H19NO. The van der Waals surface area contributed by atoms with Crippen LogP contribution < -0.4 is 10.1 Å². The third kappa shape index (κ3) is 2.44. The zero-order valence-electron chi connectivity index (χ0n) is 9.76. The van der Waals surface area contributed by atoms with Gasteiger partial charge >= 0.3 is 0 Å². The van der Waals surface area contributed by atoms with Crippen molar-refractivity contribution in [3.05, 3.63) is 23.8 Å². The molecule has 2 rings (SSSR count). The fourth-order valence-electron chi connectivity index (χ4n) is 1.90. The minimum absolute atomic E-state index is 0.118. The molecule has 1 aromatic carbocycles. The lowest BCUT2D eigenvalue weighted by Gasteiger charge is -2.26. The highest BCUT2D eigenvalue weighted by atomic mass is 16.5. The minimum atomic E-state index is -0.118. The van der Waals surface area contributed by atoms with Gasteiger partial charge in [-0.3, -0.25) is 0 Å². The van der Waals surface area contributed by atoms with Crippen molar-refractivity contribution in [2.24, 2.45) is 0 Å². The van der Waals surface area contributed by atoms with Crippen molar-refractivity contribution in [1.82, 2.24) is 0 Å². The summed E-state index contributed by atoms with van der Waals surface area (Å²) >= 11 is 0. The van der Waals surface area contributed by atoms with Crippen LogP contribution in [0.15, 0.2) is 18.2 Å². The molecule has 0 bridgehead atoms. The Hall–Kier alpha value is -1.18. The average molecular weight is 205 g/mol. The van der Waals surface area contributed by atoms with Crippen LogP contribution in [0, 0.1) is 0 Å². The molecule has 82 valence electrons. The standard InChI is InChI=1S/C13H19NO/c1-13(2,3)15-12-8-4-7-11-10(12)6-5-9-14-11/h4,7-8,14H,5-6,9H2,1-3H3. The summed E-state index contributed by atoms with van der Waals surface area (Å²) in [5, 5.41) is 3.41. The average Bonchev–Trinajstić information content (AvgIpc) is 2.16. The predicted molar refractivity (Wildman–Crippen MR) is 63.6 cm³/mol. The molecule has 1 heterocycles. The highest BCUT2D eigenvalue weighted by molar-refractivity contribution is 5.59. The van der Waals surface area contributed by atoms with Crippen molar-refractivity contribution in [2.45, 2.75) is 39.2 Å². The monoisotopic (exact) mass is 205 g/mol. The van der Waals surface area contributed by atoms with E-state index in [0.717, 1.165) is 18.7 Å². The van der Waals surface area contributed by atoms with Crippen LogP contribution in [0.5, 0.6) is 5.75 Å². The second-order valence-electron chi connectivity index (χ2n) is 5.03. The Kier molecular flexibility index (Phi) is 2.59. The molecule has 0 fully saturated rings. The van der Waals surface area contributed by atoms with Gasteiger partial charge in [0, 0.05) is 17.8 Å². The lowest BCUT2D eigenvalue weighted by Crippen LogP contribution is -2.24. The van der Waals surface area contributed by atoms with Crippen molar-refractivity contribution in [1.29, 1.82) is 0 Å². The summed E-state index contributed by atoms with van der Waals surface area (Å²) in [5.41, 5.74) is 2.45. The molecule has 1 aliphatic heterocycles. The Morgan fingerprint density at radius 3 is 2.80 bits per heavy atom. The molecule has 0 unspecified atom stereocenters. The Balaban J connectivity index is 2.31. The van der Waals surface area contributed by atoms with Gasteiger partial charge in [-0.2, -0.15) is 0 Å². The quantitative estimate of drug-likeness (QED) is 0.760. The van der Waals surface area contributed by atoms with Gasteiger partial charge in [0.15, 0.2) is 0 Å². The van der Waals surface area contributed by atoms with Gasteiger partial charge in [0.25, 0.3) is 0 Å². The zero-order valence-corrected chi connectivity index (χ0v) is 9.76. The highest BCUT2D eigenvalue weighted by Crippen LogP contribution is 2.32. The third-order valence-electron chi connectivity index (χ3n) is 2.47. The van der Waals surface area contributed by atoms with Crippen LogP contribution in [-0.2, 0) is 6.42 Å². The van der Waals surface area contributed by atoms with E-state index in [9.17, 15) is 0 Å². The maximum absolute atomic E-state index is 5.96. The van der Waals surface area contributed by atoms with Crippen LogP contribution in [-0.4, -0.2) is 12.1 Å². The van der Waals surface area contributed by atoms with Gasteiger partial charge in [-0.25, -0.2) is 0 Å². The van der Waals surface area contributed by atoms with Gasteiger partial charge in [0.05, 0.1) is 0 Å². The van der Waals surface area contributed by atoms with Gasteiger partial charge in [0.1, 0.15) is 11.4 Å². The van der Waals surface area contributed by atoms with Gasteiger partial charge in [0.2, 0.25) is 0 Å². The van der Waals surface area contributed by atoms with Crippen LogP contribution in [0.1, 0.15) is 32.8 Å². The van der Waals surface area contributed by atoms with E-state index in [1.165, 1.54) is 17.7 Å². The van der Waals surface area contributed by atoms with E-state index in [0.29, 0.717) is 0 Å². The van der Waals surface area contributed by atoms with Crippen LogP contribution >= 0.6 is 0 Å². The van der Waals surface area contributed by atoms with E-state index in [2.05, 4.69) is 44.3 Å². The molecule has 0 saturated carbocycles. The lowest BCUT2D eigenvalue weighted by molar-refractivity contribution is 0.129. The molecule has 1 aliphatic rings. The summed E-state index contributed by atoms with van der Waals surface area (Å²) < 4.78 is 5.96. The SMILES string of the molecule is CC(C)(C)Oc1cccc2c1CCCN2. The first-order chi connectivity index (χ1) is 7.06. The number of anilines is 1.